The predicted octanol–water partition coefficient (Wildman–Crippen LogP) is -7.61. The summed E-state index contributed by atoms with van der Waals surface area (Å²) >= 11 is 0. The zero-order valence-corrected chi connectivity index (χ0v) is 24.7. The third-order valence-electron chi connectivity index (χ3n) is 2.25. The van der Waals surface area contributed by atoms with Gasteiger partial charge in [-0.3, -0.25) is 9.59 Å². The molecule has 0 amide bonds. The van der Waals surface area contributed by atoms with Crippen molar-refractivity contribution < 1.29 is 118 Å². The van der Waals surface area contributed by atoms with Gasteiger partial charge in [0.1, 0.15) is 5.78 Å². The number of halogens is 1. The van der Waals surface area contributed by atoms with E-state index in [1.54, 1.807) is 48.5 Å². The fourth-order valence-electron chi connectivity index (χ4n) is 0. The molecule has 0 rings (SSSR count). The van der Waals surface area contributed by atoms with Crippen molar-refractivity contribution >= 4 is 23.7 Å². The van der Waals surface area contributed by atoms with Crippen molar-refractivity contribution in [2.24, 2.45) is 23.7 Å². The number of carbonyl (C=O) groups is 4. The van der Waals surface area contributed by atoms with Crippen LogP contribution in [0.15, 0.2) is 0 Å². The Morgan fingerprint density at radius 1 is 0.643 bits per heavy atom. The molecule has 10 heteroatoms. The molecule has 0 saturated heterocycles. The minimum Gasteiger partial charge on any atom is -1.00 e. The zero-order valence-electron chi connectivity index (χ0n) is 18.6. The number of carbonyl (C=O) groups excluding carboxylic acids is 3. The maximum absolute atomic E-state index is 10.1. The summed E-state index contributed by atoms with van der Waals surface area (Å²) in [5, 5.41) is 27.2. The molecule has 7 nitrogen and oxygen atoms in total. The average molecular weight is 537 g/mol. The molecule has 0 aliphatic carbocycles. The number of aliphatic carboxylic acids is 3. The second-order valence-electron chi connectivity index (χ2n) is 6.21. The third kappa shape index (κ3) is 63.2. The Morgan fingerprint density at radius 2 is 0.750 bits per heavy atom. The van der Waals surface area contributed by atoms with Gasteiger partial charge in [-0.05, 0) is 18.8 Å². The Kier molecular flexibility index (Phi) is 59.7. The van der Waals surface area contributed by atoms with Gasteiger partial charge in [-0.15, -0.1) is 0 Å². The summed E-state index contributed by atoms with van der Waals surface area (Å²) in [5.74, 6) is -3.17. The van der Waals surface area contributed by atoms with E-state index in [1.165, 1.54) is 0 Å². The molecule has 0 aliphatic rings. The third-order valence-corrected chi connectivity index (χ3v) is 2.25. The second-order valence-corrected chi connectivity index (χ2v) is 6.21. The summed E-state index contributed by atoms with van der Waals surface area (Å²) in [5.41, 5.74) is 0. The molecule has 160 valence electrons. The molecule has 0 spiro atoms. The molecule has 0 aliphatic heterocycles. The van der Waals surface area contributed by atoms with Gasteiger partial charge in [0, 0.05) is 17.9 Å². The maximum Gasteiger partial charge on any atom is 1.00 e. The summed E-state index contributed by atoms with van der Waals surface area (Å²) in [4.78, 5) is 39.0. The van der Waals surface area contributed by atoms with Crippen LogP contribution >= 0.6 is 0 Å². The van der Waals surface area contributed by atoms with Crippen LogP contribution in [0.5, 0.6) is 0 Å². The van der Waals surface area contributed by atoms with Gasteiger partial charge in [0.2, 0.25) is 0 Å². The van der Waals surface area contributed by atoms with E-state index in [4.69, 9.17) is 5.11 Å². The van der Waals surface area contributed by atoms with Gasteiger partial charge >= 0.3 is 65.1 Å². The average Bonchev–Trinajstić information content (AvgIpc) is 2.40. The smallest absolute Gasteiger partial charge is 1.00 e. The van der Waals surface area contributed by atoms with E-state index in [-0.39, 0.29) is 120 Å². The van der Waals surface area contributed by atoms with Gasteiger partial charge < -0.3 is 48.9 Å². The first-order chi connectivity index (χ1) is 10.6. The van der Waals surface area contributed by atoms with Gasteiger partial charge in [0.15, 0.2) is 0 Å². The molecule has 0 unspecified atom stereocenters. The molecular formula is C18H36INa2O7-. The number of ketones is 1. The van der Waals surface area contributed by atoms with Gasteiger partial charge in [-0.25, -0.2) is 0 Å². The minimum atomic E-state index is -0.991. The standard InChI is InChI=1S/C5H10O.3C4H8O2.CH4.HI.2Na/c1-4(2)5(3)6;3*1-3(2)4(5)6;;;;/h4H,1-3H3;3*3H,1-2H3,(H,5,6);1H4;1H;;/q;;;;;;2*+1/p-3. The predicted molar refractivity (Wildman–Crippen MR) is 94.4 cm³/mol. The number of carboxylic acid groups (broad SMARTS) is 3. The maximum atomic E-state index is 10.1. The van der Waals surface area contributed by atoms with Crippen molar-refractivity contribution in [2.75, 3.05) is 0 Å². The summed E-state index contributed by atoms with van der Waals surface area (Å²) in [6.07, 6.45) is 0. The molecule has 0 aromatic heterocycles. The van der Waals surface area contributed by atoms with Crippen LogP contribution < -0.4 is 93.3 Å². The van der Waals surface area contributed by atoms with Gasteiger partial charge in [0.25, 0.3) is 0 Å². The van der Waals surface area contributed by atoms with Crippen LogP contribution in [0.25, 0.3) is 0 Å². The second kappa shape index (κ2) is 32.5. The summed E-state index contributed by atoms with van der Waals surface area (Å²) < 4.78 is 0. The van der Waals surface area contributed by atoms with Crippen molar-refractivity contribution in [1.82, 2.24) is 0 Å². The van der Waals surface area contributed by atoms with Crippen LogP contribution in [0, 0.1) is 23.7 Å². The normalized spacial score (nSPS) is 7.89. The van der Waals surface area contributed by atoms with Crippen molar-refractivity contribution in [3.63, 3.8) is 0 Å². The first kappa shape index (κ1) is 51.5. The molecular weight excluding hydrogens is 501 g/mol. The molecule has 1 N–H and O–H groups in total. The van der Waals surface area contributed by atoms with Crippen LogP contribution in [0.2, 0.25) is 0 Å². The Bertz CT molecular complexity index is 314. The van der Waals surface area contributed by atoms with Crippen molar-refractivity contribution in [3.8, 4) is 0 Å². The number of rotatable bonds is 4. The van der Waals surface area contributed by atoms with E-state index in [2.05, 4.69) is 0 Å². The van der Waals surface area contributed by atoms with Crippen LogP contribution in [0.1, 0.15) is 69.7 Å². The topological polar surface area (TPSA) is 135 Å². The van der Waals surface area contributed by atoms with E-state index in [1.807, 2.05) is 13.8 Å². The van der Waals surface area contributed by atoms with Crippen LogP contribution in [0.4, 0.5) is 0 Å². The van der Waals surface area contributed by atoms with E-state index in [0.29, 0.717) is 0 Å². The van der Waals surface area contributed by atoms with E-state index < -0.39 is 17.9 Å². The summed E-state index contributed by atoms with van der Waals surface area (Å²) in [6, 6.07) is 0. The van der Waals surface area contributed by atoms with E-state index in [0.717, 1.165) is 0 Å². The van der Waals surface area contributed by atoms with Gasteiger partial charge in [0.05, 0.1) is 5.92 Å². The SMILES string of the molecule is C.CC(=O)C(C)C.CC(C)C(=O)O.CC(C)C(=O)[O-].CC(C)C(=O)[O-].[I-].[Na+].[Na+]. The van der Waals surface area contributed by atoms with Crippen molar-refractivity contribution in [1.29, 1.82) is 0 Å². The first-order valence-electron chi connectivity index (χ1n) is 7.72. The molecule has 0 saturated carbocycles. The Labute approximate surface area is 232 Å². The van der Waals surface area contributed by atoms with Crippen LogP contribution in [-0.4, -0.2) is 28.8 Å². The van der Waals surface area contributed by atoms with Gasteiger partial charge in [-0.1, -0.05) is 62.8 Å². The molecule has 0 aromatic carbocycles. The van der Waals surface area contributed by atoms with Crippen molar-refractivity contribution in [2.45, 2.75) is 69.7 Å². The molecule has 0 bridgehead atoms. The van der Waals surface area contributed by atoms with Crippen LogP contribution in [0.3, 0.4) is 0 Å². The molecule has 0 fully saturated rings. The van der Waals surface area contributed by atoms with Gasteiger partial charge in [-0.2, -0.15) is 0 Å². The first-order valence-corrected chi connectivity index (χ1v) is 7.72. The summed E-state index contributed by atoms with van der Waals surface area (Å²) in [7, 11) is 0. The molecule has 0 radical (unpaired) electrons. The minimum absolute atomic E-state index is 0. The summed E-state index contributed by atoms with van der Waals surface area (Å²) in [6.45, 7) is 15.0. The molecule has 0 aromatic rings. The Balaban J connectivity index is -0.0000000303. The largest absolute Gasteiger partial charge is 1.00 e. The van der Waals surface area contributed by atoms with E-state index >= 15 is 0 Å². The van der Waals surface area contributed by atoms with Crippen LogP contribution in [-0.2, 0) is 19.2 Å². The molecule has 28 heavy (non-hydrogen) atoms. The Morgan fingerprint density at radius 3 is 0.750 bits per heavy atom. The van der Waals surface area contributed by atoms with E-state index in [9.17, 15) is 29.4 Å². The number of hydrogen-bond acceptors (Lipinski definition) is 6. The molecule has 0 heterocycles. The number of Topliss-reactive ketones (excluding diaryl/α,β-unsaturated/α-hetero) is 1. The fraction of sp³-hybridized carbons (Fsp3) is 0.778. The Hall–Kier alpha value is 0.810. The number of carboxylic acids is 3. The quantitative estimate of drug-likeness (QED) is 0.278. The van der Waals surface area contributed by atoms with Crippen molar-refractivity contribution in [3.05, 3.63) is 0 Å². The molecule has 0 atom stereocenters. The zero-order chi connectivity index (χ0) is 20.6. The monoisotopic (exact) mass is 537 g/mol. The number of hydrogen-bond donors (Lipinski definition) is 1. The fourth-order valence-corrected chi connectivity index (χ4v) is 0.